The molecule has 0 spiro atoms. The highest BCUT2D eigenvalue weighted by Gasteiger charge is 2.16. The summed E-state index contributed by atoms with van der Waals surface area (Å²) in [5.41, 5.74) is 1.56. The zero-order valence-electron chi connectivity index (χ0n) is 18.7. The van der Waals surface area contributed by atoms with Crippen LogP contribution < -0.4 is 20.1 Å². The number of anilines is 1. The quantitative estimate of drug-likeness (QED) is 0.553. The van der Waals surface area contributed by atoms with Gasteiger partial charge in [0.15, 0.2) is 11.5 Å². The van der Waals surface area contributed by atoms with Gasteiger partial charge in [-0.05, 0) is 45.0 Å². The average molecular weight is 441 g/mol. The highest BCUT2D eigenvalue weighted by Crippen LogP contribution is 2.31. The predicted molar refractivity (Wildman–Crippen MR) is 120 cm³/mol. The van der Waals surface area contributed by atoms with E-state index in [9.17, 15) is 9.59 Å². The van der Waals surface area contributed by atoms with E-state index < -0.39 is 11.7 Å². The molecule has 0 bridgehead atoms. The van der Waals surface area contributed by atoms with Crippen LogP contribution in [0, 0.1) is 0 Å². The molecule has 0 saturated heterocycles. The first kappa shape index (κ1) is 22.9. The number of rotatable bonds is 8. The number of methoxy groups -OCH3 is 1. The van der Waals surface area contributed by atoms with E-state index >= 15 is 0 Å². The summed E-state index contributed by atoms with van der Waals surface area (Å²) in [5, 5.41) is 5.35. The Kier molecular flexibility index (Phi) is 7.19. The van der Waals surface area contributed by atoms with E-state index in [0.717, 1.165) is 11.3 Å². The molecule has 0 saturated carbocycles. The fraction of sp³-hybridized carbons (Fsp3) is 0.348. The molecule has 170 valence electrons. The zero-order chi connectivity index (χ0) is 23.1. The second-order valence-electron chi connectivity index (χ2n) is 8.08. The molecule has 9 nitrogen and oxygen atoms in total. The Morgan fingerprint density at radius 2 is 1.94 bits per heavy atom. The highest BCUT2D eigenvalue weighted by atomic mass is 16.6. The molecule has 2 heterocycles. The van der Waals surface area contributed by atoms with Gasteiger partial charge >= 0.3 is 6.09 Å². The van der Waals surface area contributed by atoms with Gasteiger partial charge in [-0.25, -0.2) is 9.78 Å². The Bertz CT molecular complexity index is 1050. The van der Waals surface area contributed by atoms with E-state index in [1.165, 1.54) is 0 Å². The second kappa shape index (κ2) is 10.0. The third kappa shape index (κ3) is 6.63. The fourth-order valence-corrected chi connectivity index (χ4v) is 2.89. The molecule has 0 atom stereocenters. The summed E-state index contributed by atoms with van der Waals surface area (Å²) in [4.78, 5) is 28.4. The molecule has 1 aromatic carbocycles. The number of amides is 2. The van der Waals surface area contributed by atoms with Crippen molar-refractivity contribution in [3.05, 3.63) is 54.5 Å². The minimum Gasteiger partial charge on any atom is -0.493 e. The van der Waals surface area contributed by atoms with Crippen molar-refractivity contribution in [3.8, 4) is 11.5 Å². The predicted octanol–water partition coefficient (Wildman–Crippen LogP) is 3.78. The van der Waals surface area contributed by atoms with E-state index in [2.05, 4.69) is 15.6 Å². The van der Waals surface area contributed by atoms with Gasteiger partial charge in [0.25, 0.3) is 0 Å². The molecule has 32 heavy (non-hydrogen) atoms. The first-order valence-corrected chi connectivity index (χ1v) is 10.2. The lowest BCUT2D eigenvalue weighted by molar-refractivity contribution is -0.116. The van der Waals surface area contributed by atoms with E-state index in [1.54, 1.807) is 46.1 Å². The normalized spacial score (nSPS) is 11.1. The Morgan fingerprint density at radius 1 is 1.12 bits per heavy atom. The molecule has 0 unspecified atom stereocenters. The van der Waals surface area contributed by atoms with Crippen LogP contribution in [0.5, 0.6) is 11.5 Å². The fourth-order valence-electron chi connectivity index (χ4n) is 2.89. The van der Waals surface area contributed by atoms with E-state index in [4.69, 9.17) is 14.2 Å². The molecule has 0 radical (unpaired) electrons. The molecule has 2 amide bonds. The van der Waals surface area contributed by atoms with Gasteiger partial charge in [0, 0.05) is 37.1 Å². The lowest BCUT2D eigenvalue weighted by Crippen LogP contribution is -2.34. The number of aromatic nitrogens is 2. The summed E-state index contributed by atoms with van der Waals surface area (Å²) in [6.45, 7) is 5.73. The van der Waals surface area contributed by atoms with Crippen LogP contribution in [0.1, 0.15) is 32.9 Å². The van der Waals surface area contributed by atoms with Crippen molar-refractivity contribution in [3.63, 3.8) is 0 Å². The number of imidazole rings is 1. The van der Waals surface area contributed by atoms with Crippen molar-refractivity contribution in [2.45, 2.75) is 39.4 Å². The Balaban J connectivity index is 1.55. The summed E-state index contributed by atoms with van der Waals surface area (Å²) in [6, 6.07) is 10.9. The van der Waals surface area contributed by atoms with Crippen LogP contribution in [0.2, 0.25) is 0 Å². The SMILES string of the molecule is COc1ccc(NC(=O)CCNC(=O)OC(C)(C)C)cc1OCc1cn2ccccc2n1. The van der Waals surface area contributed by atoms with E-state index in [1.807, 2.05) is 35.0 Å². The molecule has 2 aromatic heterocycles. The maximum Gasteiger partial charge on any atom is 0.407 e. The number of nitrogens with zero attached hydrogens (tertiary/aromatic N) is 2. The topological polar surface area (TPSA) is 103 Å². The number of nitrogens with one attached hydrogen (secondary N) is 2. The van der Waals surface area contributed by atoms with Gasteiger partial charge in [0.2, 0.25) is 5.91 Å². The molecule has 3 rings (SSSR count). The molecule has 0 fully saturated rings. The van der Waals surface area contributed by atoms with Gasteiger partial charge in [0.05, 0.1) is 12.8 Å². The zero-order valence-corrected chi connectivity index (χ0v) is 18.7. The van der Waals surface area contributed by atoms with Crippen molar-refractivity contribution in [1.29, 1.82) is 0 Å². The van der Waals surface area contributed by atoms with E-state index in [0.29, 0.717) is 17.2 Å². The lowest BCUT2D eigenvalue weighted by Gasteiger charge is -2.19. The van der Waals surface area contributed by atoms with Gasteiger partial charge in [-0.3, -0.25) is 4.79 Å². The number of benzene rings is 1. The largest absolute Gasteiger partial charge is 0.493 e. The smallest absolute Gasteiger partial charge is 0.407 e. The number of carbonyl (C=O) groups excluding carboxylic acids is 2. The molecule has 0 aliphatic carbocycles. The summed E-state index contributed by atoms with van der Waals surface area (Å²) in [6.07, 6.45) is 3.35. The molecular formula is C23H28N4O5. The van der Waals surface area contributed by atoms with Crippen LogP contribution in [0.4, 0.5) is 10.5 Å². The number of alkyl carbamates (subject to hydrolysis) is 1. The van der Waals surface area contributed by atoms with Gasteiger partial charge in [-0.15, -0.1) is 0 Å². The first-order chi connectivity index (χ1) is 15.2. The number of hydrogen-bond donors (Lipinski definition) is 2. The standard InChI is InChI=1S/C23H28N4O5/c1-23(2,3)32-22(29)24-11-10-21(28)26-16-8-9-18(30-4)19(13-16)31-15-17-14-27-12-6-5-7-20(27)25-17/h5-9,12-14H,10-11,15H2,1-4H3,(H,24,29)(H,26,28). The molecule has 9 heteroatoms. The summed E-state index contributed by atoms with van der Waals surface area (Å²) in [7, 11) is 1.55. The Labute approximate surface area is 186 Å². The van der Waals surface area contributed by atoms with Crippen LogP contribution in [0.25, 0.3) is 5.65 Å². The number of ether oxygens (including phenoxy) is 3. The Morgan fingerprint density at radius 3 is 2.66 bits per heavy atom. The van der Waals surface area contributed by atoms with Crippen molar-refractivity contribution >= 4 is 23.3 Å². The maximum absolute atomic E-state index is 12.2. The highest BCUT2D eigenvalue weighted by molar-refractivity contribution is 5.91. The van der Waals surface area contributed by atoms with Crippen LogP contribution in [0.3, 0.4) is 0 Å². The van der Waals surface area contributed by atoms with Crippen LogP contribution in [-0.2, 0) is 16.1 Å². The van der Waals surface area contributed by atoms with Crippen LogP contribution in [0.15, 0.2) is 48.8 Å². The van der Waals surface area contributed by atoms with Crippen molar-refractivity contribution in [1.82, 2.24) is 14.7 Å². The molecule has 2 N–H and O–H groups in total. The third-order valence-corrected chi connectivity index (χ3v) is 4.26. The van der Waals surface area contributed by atoms with Gasteiger partial charge < -0.3 is 29.2 Å². The summed E-state index contributed by atoms with van der Waals surface area (Å²) in [5.74, 6) is 0.769. The van der Waals surface area contributed by atoms with Gasteiger partial charge in [-0.1, -0.05) is 6.07 Å². The summed E-state index contributed by atoms with van der Waals surface area (Å²) >= 11 is 0. The molecular weight excluding hydrogens is 412 g/mol. The van der Waals surface area contributed by atoms with Crippen molar-refractivity contribution in [2.75, 3.05) is 19.0 Å². The monoisotopic (exact) mass is 440 g/mol. The Hall–Kier alpha value is -3.75. The second-order valence-corrected chi connectivity index (χ2v) is 8.08. The lowest BCUT2D eigenvalue weighted by atomic mass is 10.2. The first-order valence-electron chi connectivity index (χ1n) is 10.2. The number of pyridine rings is 1. The molecule has 0 aliphatic rings. The number of fused-ring (bicyclic) bond motifs is 1. The minimum absolute atomic E-state index is 0.0999. The van der Waals surface area contributed by atoms with Crippen molar-refractivity contribution < 1.29 is 23.8 Å². The third-order valence-electron chi connectivity index (χ3n) is 4.26. The van der Waals surface area contributed by atoms with Gasteiger partial charge in [0.1, 0.15) is 17.9 Å². The average Bonchev–Trinajstić information content (AvgIpc) is 3.14. The maximum atomic E-state index is 12.2. The van der Waals surface area contributed by atoms with Crippen LogP contribution in [-0.4, -0.2) is 40.6 Å². The van der Waals surface area contributed by atoms with Crippen molar-refractivity contribution in [2.24, 2.45) is 0 Å². The molecule has 3 aromatic rings. The molecule has 0 aliphatic heterocycles. The minimum atomic E-state index is -0.588. The van der Waals surface area contributed by atoms with E-state index in [-0.39, 0.29) is 25.5 Å². The van der Waals surface area contributed by atoms with Gasteiger partial charge in [-0.2, -0.15) is 0 Å². The van der Waals surface area contributed by atoms with Crippen LogP contribution >= 0.6 is 0 Å². The number of carbonyl (C=O) groups is 2. The summed E-state index contributed by atoms with van der Waals surface area (Å²) < 4.78 is 18.3. The number of hydrogen-bond acceptors (Lipinski definition) is 6.